The highest BCUT2D eigenvalue weighted by molar-refractivity contribution is 8.26. The Labute approximate surface area is 199 Å². The molecule has 2 aromatic rings. The van der Waals surface area contributed by atoms with Crippen molar-refractivity contribution in [3.63, 3.8) is 0 Å². The SMILES string of the molecule is C=CCN1C(=O)/C(=C\c2cccc(OC)c2OCCCOc2cc(C)ccc2C)SC1=S. The molecule has 1 fully saturated rings. The van der Waals surface area contributed by atoms with Gasteiger partial charge in [0.05, 0.1) is 25.2 Å². The van der Waals surface area contributed by atoms with Crippen LogP contribution in [0, 0.1) is 13.8 Å². The van der Waals surface area contributed by atoms with Crippen LogP contribution in [0.15, 0.2) is 54.0 Å². The zero-order valence-electron chi connectivity index (χ0n) is 18.6. The maximum atomic E-state index is 12.7. The number of nitrogens with zero attached hydrogens (tertiary/aromatic N) is 1. The van der Waals surface area contributed by atoms with Crippen LogP contribution in [0.4, 0.5) is 0 Å². The van der Waals surface area contributed by atoms with E-state index in [-0.39, 0.29) is 5.91 Å². The normalized spacial score (nSPS) is 14.7. The van der Waals surface area contributed by atoms with Gasteiger partial charge in [-0.2, -0.15) is 0 Å². The molecule has 1 heterocycles. The first-order valence-corrected chi connectivity index (χ1v) is 11.5. The zero-order valence-corrected chi connectivity index (χ0v) is 20.2. The van der Waals surface area contributed by atoms with Gasteiger partial charge in [-0.1, -0.05) is 54.3 Å². The van der Waals surface area contributed by atoms with Crippen molar-refractivity contribution in [3.8, 4) is 17.2 Å². The number of hydrogen-bond donors (Lipinski definition) is 0. The summed E-state index contributed by atoms with van der Waals surface area (Å²) in [6.45, 7) is 9.14. The molecule has 32 heavy (non-hydrogen) atoms. The summed E-state index contributed by atoms with van der Waals surface area (Å²) >= 11 is 6.60. The van der Waals surface area contributed by atoms with Gasteiger partial charge >= 0.3 is 0 Å². The minimum absolute atomic E-state index is 0.129. The number of para-hydroxylation sites is 1. The van der Waals surface area contributed by atoms with Crippen LogP contribution in [0.3, 0.4) is 0 Å². The molecule has 0 N–H and O–H groups in total. The average Bonchev–Trinajstić information content (AvgIpc) is 3.04. The summed E-state index contributed by atoms with van der Waals surface area (Å²) in [5.41, 5.74) is 3.04. The van der Waals surface area contributed by atoms with Crippen molar-refractivity contribution in [2.75, 3.05) is 26.9 Å². The van der Waals surface area contributed by atoms with E-state index >= 15 is 0 Å². The van der Waals surface area contributed by atoms with E-state index in [0.29, 0.717) is 46.9 Å². The lowest BCUT2D eigenvalue weighted by molar-refractivity contribution is -0.121. The summed E-state index contributed by atoms with van der Waals surface area (Å²) in [5.74, 6) is 1.96. The molecule has 0 spiro atoms. The monoisotopic (exact) mass is 469 g/mol. The minimum Gasteiger partial charge on any atom is -0.493 e. The Balaban J connectivity index is 1.68. The lowest BCUT2D eigenvalue weighted by atomic mass is 10.1. The van der Waals surface area contributed by atoms with Crippen molar-refractivity contribution < 1.29 is 19.0 Å². The lowest BCUT2D eigenvalue weighted by Crippen LogP contribution is -2.27. The van der Waals surface area contributed by atoms with Crippen molar-refractivity contribution in [2.24, 2.45) is 0 Å². The minimum atomic E-state index is -0.129. The van der Waals surface area contributed by atoms with Gasteiger partial charge in [0, 0.05) is 18.5 Å². The number of benzene rings is 2. The topological polar surface area (TPSA) is 48.0 Å². The maximum Gasteiger partial charge on any atom is 0.266 e. The van der Waals surface area contributed by atoms with Crippen molar-refractivity contribution in [1.29, 1.82) is 0 Å². The van der Waals surface area contributed by atoms with Gasteiger partial charge in [-0.15, -0.1) is 6.58 Å². The fraction of sp³-hybridized carbons (Fsp3) is 0.280. The number of amides is 1. The first-order chi connectivity index (χ1) is 15.4. The second kappa shape index (κ2) is 11.2. The molecule has 1 aliphatic rings. The number of carbonyl (C=O) groups is 1. The molecule has 2 aromatic carbocycles. The molecular weight excluding hydrogens is 442 g/mol. The van der Waals surface area contributed by atoms with Gasteiger partial charge < -0.3 is 14.2 Å². The van der Waals surface area contributed by atoms with E-state index in [4.69, 9.17) is 26.4 Å². The molecular formula is C25H27NO4S2. The average molecular weight is 470 g/mol. The largest absolute Gasteiger partial charge is 0.493 e. The van der Waals surface area contributed by atoms with Crippen molar-refractivity contribution in [1.82, 2.24) is 4.90 Å². The van der Waals surface area contributed by atoms with Gasteiger partial charge in [0.25, 0.3) is 5.91 Å². The molecule has 0 bridgehead atoms. The van der Waals surface area contributed by atoms with E-state index in [1.165, 1.54) is 22.2 Å². The summed E-state index contributed by atoms with van der Waals surface area (Å²) in [4.78, 5) is 14.8. The van der Waals surface area contributed by atoms with Gasteiger partial charge in [-0.3, -0.25) is 9.69 Å². The Morgan fingerprint density at radius 3 is 2.66 bits per heavy atom. The van der Waals surface area contributed by atoms with Gasteiger partial charge in [0.2, 0.25) is 0 Å². The highest BCUT2D eigenvalue weighted by atomic mass is 32.2. The van der Waals surface area contributed by atoms with Crippen molar-refractivity contribution in [2.45, 2.75) is 20.3 Å². The Bertz CT molecular complexity index is 1050. The molecule has 3 rings (SSSR count). The molecule has 1 saturated heterocycles. The molecule has 7 heteroatoms. The summed E-state index contributed by atoms with van der Waals surface area (Å²) < 4.78 is 18.0. The predicted octanol–water partition coefficient (Wildman–Crippen LogP) is 5.55. The van der Waals surface area contributed by atoms with Gasteiger partial charge in [-0.05, 0) is 43.2 Å². The van der Waals surface area contributed by atoms with Gasteiger partial charge in [-0.25, -0.2) is 0 Å². The predicted molar refractivity (Wildman–Crippen MR) is 135 cm³/mol. The number of thioether (sulfide) groups is 1. The number of rotatable bonds is 10. The first-order valence-electron chi connectivity index (χ1n) is 10.3. The third-order valence-corrected chi connectivity index (χ3v) is 6.22. The number of aryl methyl sites for hydroxylation is 2. The van der Waals surface area contributed by atoms with Crippen LogP contribution in [0.5, 0.6) is 17.2 Å². The molecule has 0 aliphatic carbocycles. The molecule has 0 unspecified atom stereocenters. The second-order valence-electron chi connectivity index (χ2n) is 7.28. The van der Waals surface area contributed by atoms with Crippen molar-refractivity contribution >= 4 is 40.3 Å². The van der Waals surface area contributed by atoms with E-state index in [9.17, 15) is 4.79 Å². The number of carbonyl (C=O) groups excluding carboxylic acids is 1. The Hall–Kier alpha value is -2.77. The third-order valence-electron chi connectivity index (χ3n) is 4.84. The fourth-order valence-electron chi connectivity index (χ4n) is 3.17. The summed E-state index contributed by atoms with van der Waals surface area (Å²) in [7, 11) is 1.60. The van der Waals surface area contributed by atoms with Crippen LogP contribution < -0.4 is 14.2 Å². The second-order valence-corrected chi connectivity index (χ2v) is 8.95. The van der Waals surface area contributed by atoms with E-state index in [1.54, 1.807) is 19.3 Å². The van der Waals surface area contributed by atoms with E-state index in [2.05, 4.69) is 18.7 Å². The van der Waals surface area contributed by atoms with Crippen LogP contribution in [0.25, 0.3) is 6.08 Å². The van der Waals surface area contributed by atoms with E-state index < -0.39 is 0 Å². The number of ether oxygens (including phenoxy) is 3. The number of methoxy groups -OCH3 is 1. The maximum absolute atomic E-state index is 12.7. The zero-order chi connectivity index (χ0) is 23.1. The number of thiocarbonyl (C=S) groups is 1. The highest BCUT2D eigenvalue weighted by Gasteiger charge is 2.31. The van der Waals surface area contributed by atoms with Crippen LogP contribution in [-0.4, -0.2) is 42.0 Å². The molecule has 0 radical (unpaired) electrons. The standard InChI is InChI=1S/C25H27NO4S2/c1-5-12-26-24(27)22(32-25(26)31)16-19-8-6-9-20(28-4)23(19)30-14-7-13-29-21-15-17(2)10-11-18(21)3/h5-6,8-11,15-16H,1,7,12-14H2,2-4H3/b22-16+. The van der Waals surface area contributed by atoms with Crippen LogP contribution in [0.1, 0.15) is 23.1 Å². The molecule has 0 aromatic heterocycles. The van der Waals surface area contributed by atoms with E-state index in [1.807, 2.05) is 38.1 Å². The Morgan fingerprint density at radius 2 is 1.91 bits per heavy atom. The van der Waals surface area contributed by atoms with Crippen LogP contribution in [0.2, 0.25) is 0 Å². The highest BCUT2D eigenvalue weighted by Crippen LogP contribution is 2.37. The Morgan fingerprint density at radius 1 is 1.12 bits per heavy atom. The quantitative estimate of drug-likeness (QED) is 0.197. The summed E-state index contributed by atoms with van der Waals surface area (Å²) in [5, 5.41) is 0. The molecule has 0 atom stereocenters. The smallest absolute Gasteiger partial charge is 0.266 e. The number of hydrogen-bond acceptors (Lipinski definition) is 6. The Kier molecular flexibility index (Phi) is 8.36. The molecule has 5 nitrogen and oxygen atoms in total. The summed E-state index contributed by atoms with van der Waals surface area (Å²) in [6.07, 6.45) is 4.16. The first kappa shape index (κ1) is 23.9. The fourth-order valence-corrected chi connectivity index (χ4v) is 4.43. The van der Waals surface area contributed by atoms with E-state index in [0.717, 1.165) is 16.9 Å². The third kappa shape index (κ3) is 5.72. The molecule has 1 aliphatic heterocycles. The lowest BCUT2D eigenvalue weighted by Gasteiger charge is -2.14. The van der Waals surface area contributed by atoms with Gasteiger partial charge in [0.15, 0.2) is 11.5 Å². The molecule has 168 valence electrons. The molecule has 0 saturated carbocycles. The van der Waals surface area contributed by atoms with Crippen LogP contribution in [-0.2, 0) is 4.79 Å². The van der Waals surface area contributed by atoms with Crippen LogP contribution >= 0.6 is 24.0 Å². The molecule has 1 amide bonds. The van der Waals surface area contributed by atoms with Gasteiger partial charge in [0.1, 0.15) is 10.1 Å². The summed E-state index contributed by atoms with van der Waals surface area (Å²) in [6, 6.07) is 11.8. The van der Waals surface area contributed by atoms with Crippen molar-refractivity contribution in [3.05, 3.63) is 70.6 Å².